The molecule has 2 heterocycles. The summed E-state index contributed by atoms with van der Waals surface area (Å²) in [6.07, 6.45) is 3.78. The van der Waals surface area contributed by atoms with Crippen molar-refractivity contribution in [1.29, 1.82) is 0 Å². The maximum Gasteiger partial charge on any atom is 0.112 e. The third-order valence-electron chi connectivity index (χ3n) is 2.66. The molecule has 0 fully saturated rings. The predicted molar refractivity (Wildman–Crippen MR) is 77.8 cm³/mol. The van der Waals surface area contributed by atoms with E-state index >= 15 is 0 Å². The van der Waals surface area contributed by atoms with E-state index in [4.69, 9.17) is 0 Å². The quantitative estimate of drug-likeness (QED) is 0.917. The topological polar surface area (TPSA) is 42.7 Å². The van der Waals surface area contributed by atoms with E-state index in [1.165, 1.54) is 0 Å². The van der Waals surface area contributed by atoms with E-state index in [9.17, 15) is 0 Å². The second kappa shape index (κ2) is 5.50. The minimum absolute atomic E-state index is 0.0939. The molecule has 0 aliphatic carbocycles. The first kappa shape index (κ1) is 13.7. The number of nitrogens with one attached hydrogen (secondary N) is 1. The monoisotopic (exact) mass is 328 g/mol. The van der Waals surface area contributed by atoms with Gasteiger partial charge < -0.3 is 5.32 Å². The first-order chi connectivity index (χ1) is 8.47. The molecule has 2 rings (SSSR count). The van der Waals surface area contributed by atoms with Crippen molar-refractivity contribution in [3.8, 4) is 0 Å². The molecular weight excluding hydrogens is 312 g/mol. The summed E-state index contributed by atoms with van der Waals surface area (Å²) in [6.45, 7) is 8.05. The Morgan fingerprint density at radius 3 is 2.83 bits per heavy atom. The molecule has 0 spiro atoms. The van der Waals surface area contributed by atoms with Crippen molar-refractivity contribution < 1.29 is 0 Å². The Morgan fingerprint density at radius 1 is 1.50 bits per heavy atom. The van der Waals surface area contributed by atoms with Gasteiger partial charge in [-0.05, 0) is 36.7 Å². The summed E-state index contributed by atoms with van der Waals surface area (Å²) in [5, 5.41) is 11.0. The van der Waals surface area contributed by atoms with Crippen molar-refractivity contribution in [2.45, 2.75) is 32.9 Å². The Morgan fingerprint density at radius 2 is 2.28 bits per heavy atom. The highest BCUT2D eigenvalue weighted by atomic mass is 79.9. The number of aryl methyl sites for hydroxylation is 1. The zero-order valence-electron chi connectivity index (χ0n) is 10.8. The van der Waals surface area contributed by atoms with Crippen LogP contribution >= 0.6 is 27.3 Å². The number of rotatable bonds is 5. The van der Waals surface area contributed by atoms with Gasteiger partial charge in [-0.3, -0.25) is 4.68 Å². The van der Waals surface area contributed by atoms with Gasteiger partial charge in [-0.25, -0.2) is 4.98 Å². The molecule has 98 valence electrons. The van der Waals surface area contributed by atoms with Gasteiger partial charge in [0.1, 0.15) is 5.01 Å². The summed E-state index contributed by atoms with van der Waals surface area (Å²) in [5.74, 6) is 0. The van der Waals surface area contributed by atoms with Gasteiger partial charge in [0.2, 0.25) is 0 Å². The molecule has 0 aliphatic rings. The van der Waals surface area contributed by atoms with Gasteiger partial charge in [-0.2, -0.15) is 5.10 Å². The summed E-state index contributed by atoms with van der Waals surface area (Å²) in [4.78, 5) is 4.54. The Hall–Kier alpha value is -0.720. The second-order valence-electron chi connectivity index (χ2n) is 4.77. The van der Waals surface area contributed by atoms with Crippen molar-refractivity contribution in [3.63, 3.8) is 0 Å². The highest BCUT2D eigenvalue weighted by Crippen LogP contribution is 2.23. The van der Waals surface area contributed by atoms with Crippen LogP contribution in [0.5, 0.6) is 0 Å². The Bertz CT molecular complexity index is 518. The average Bonchev–Trinajstić information content (AvgIpc) is 2.88. The lowest BCUT2D eigenvalue weighted by molar-refractivity contribution is 0.383. The highest BCUT2D eigenvalue weighted by molar-refractivity contribution is 9.10. The lowest BCUT2D eigenvalue weighted by Crippen LogP contribution is -2.38. The lowest BCUT2D eigenvalue weighted by atomic mass is 10.1. The Balaban J connectivity index is 1.89. The summed E-state index contributed by atoms with van der Waals surface area (Å²) < 4.78 is 2.93. The number of hydrogen-bond donors (Lipinski definition) is 1. The van der Waals surface area contributed by atoms with E-state index in [0.29, 0.717) is 0 Å². The molecule has 0 aliphatic heterocycles. The van der Waals surface area contributed by atoms with Gasteiger partial charge >= 0.3 is 0 Å². The molecule has 0 aromatic carbocycles. The average molecular weight is 329 g/mol. The SMILES string of the molecule is Cc1csc(C(C)(C)NCCn2cc(Br)cn2)n1. The summed E-state index contributed by atoms with van der Waals surface area (Å²) >= 11 is 5.09. The maximum atomic E-state index is 4.54. The van der Waals surface area contributed by atoms with E-state index < -0.39 is 0 Å². The van der Waals surface area contributed by atoms with Gasteiger partial charge in [0.25, 0.3) is 0 Å². The molecule has 18 heavy (non-hydrogen) atoms. The molecular formula is C12H17BrN4S. The molecule has 0 saturated heterocycles. The molecule has 6 heteroatoms. The summed E-state index contributed by atoms with van der Waals surface area (Å²) in [7, 11) is 0. The first-order valence-electron chi connectivity index (χ1n) is 5.83. The molecule has 0 saturated carbocycles. The van der Waals surface area contributed by atoms with Crippen LogP contribution in [0.3, 0.4) is 0 Å². The molecule has 2 aromatic rings. The predicted octanol–water partition coefficient (Wildman–Crippen LogP) is 2.94. The smallest absolute Gasteiger partial charge is 0.112 e. The fourth-order valence-electron chi connectivity index (χ4n) is 1.66. The van der Waals surface area contributed by atoms with Crippen molar-refractivity contribution in [3.05, 3.63) is 32.9 Å². The van der Waals surface area contributed by atoms with Crippen LogP contribution in [0.4, 0.5) is 0 Å². The number of nitrogens with zero attached hydrogens (tertiary/aromatic N) is 3. The number of thiazole rings is 1. The van der Waals surface area contributed by atoms with E-state index in [-0.39, 0.29) is 5.54 Å². The van der Waals surface area contributed by atoms with Gasteiger partial charge in [-0.1, -0.05) is 0 Å². The number of halogens is 1. The van der Waals surface area contributed by atoms with Crippen LogP contribution in [-0.2, 0) is 12.1 Å². The van der Waals surface area contributed by atoms with E-state index in [1.54, 1.807) is 17.5 Å². The molecule has 0 unspecified atom stereocenters. The molecule has 2 aromatic heterocycles. The molecule has 0 atom stereocenters. The zero-order valence-corrected chi connectivity index (χ0v) is 13.2. The van der Waals surface area contributed by atoms with Crippen LogP contribution in [0.25, 0.3) is 0 Å². The summed E-state index contributed by atoms with van der Waals surface area (Å²) in [5.41, 5.74) is 0.990. The molecule has 1 N–H and O–H groups in total. The fourth-order valence-corrected chi connectivity index (χ4v) is 2.89. The molecule has 0 amide bonds. The standard InChI is InChI=1S/C12H17BrN4S/c1-9-8-18-11(16-9)12(2,3)14-4-5-17-7-10(13)6-15-17/h6-8,14H,4-5H2,1-3H3. The summed E-state index contributed by atoms with van der Waals surface area (Å²) in [6, 6.07) is 0. The normalized spacial score (nSPS) is 12.0. The van der Waals surface area contributed by atoms with E-state index in [0.717, 1.165) is 28.3 Å². The van der Waals surface area contributed by atoms with Gasteiger partial charge in [0.15, 0.2) is 0 Å². The third-order valence-corrected chi connectivity index (χ3v) is 4.36. The van der Waals surface area contributed by atoms with Crippen LogP contribution in [0.2, 0.25) is 0 Å². The van der Waals surface area contributed by atoms with Crippen molar-refractivity contribution >= 4 is 27.3 Å². The number of aromatic nitrogens is 3. The van der Waals surface area contributed by atoms with Crippen LogP contribution in [0, 0.1) is 6.92 Å². The zero-order chi connectivity index (χ0) is 13.2. The molecule has 0 radical (unpaired) electrons. The van der Waals surface area contributed by atoms with Crippen molar-refractivity contribution in [1.82, 2.24) is 20.1 Å². The number of hydrogen-bond acceptors (Lipinski definition) is 4. The van der Waals surface area contributed by atoms with Crippen LogP contribution in [-0.4, -0.2) is 21.3 Å². The largest absolute Gasteiger partial charge is 0.304 e. The van der Waals surface area contributed by atoms with Crippen LogP contribution < -0.4 is 5.32 Å². The Kier molecular flexibility index (Phi) is 4.19. The van der Waals surface area contributed by atoms with Gasteiger partial charge in [0.05, 0.1) is 22.8 Å². The van der Waals surface area contributed by atoms with Crippen LogP contribution in [0.1, 0.15) is 24.5 Å². The fraction of sp³-hybridized carbons (Fsp3) is 0.500. The second-order valence-corrected chi connectivity index (χ2v) is 6.54. The lowest BCUT2D eigenvalue weighted by Gasteiger charge is -2.23. The maximum absolute atomic E-state index is 4.54. The van der Waals surface area contributed by atoms with Crippen molar-refractivity contribution in [2.75, 3.05) is 6.54 Å². The van der Waals surface area contributed by atoms with Gasteiger partial charge in [-0.15, -0.1) is 11.3 Å². The van der Waals surface area contributed by atoms with E-state index in [2.05, 4.69) is 50.6 Å². The molecule has 0 bridgehead atoms. The van der Waals surface area contributed by atoms with Crippen molar-refractivity contribution in [2.24, 2.45) is 0 Å². The minimum atomic E-state index is -0.0939. The van der Waals surface area contributed by atoms with E-state index in [1.807, 2.05) is 17.8 Å². The molecule has 4 nitrogen and oxygen atoms in total. The Labute approximate surface area is 120 Å². The van der Waals surface area contributed by atoms with Gasteiger partial charge in [0, 0.05) is 23.8 Å². The third kappa shape index (κ3) is 3.40. The highest BCUT2D eigenvalue weighted by Gasteiger charge is 2.22. The first-order valence-corrected chi connectivity index (χ1v) is 7.50. The minimum Gasteiger partial charge on any atom is -0.304 e. The van der Waals surface area contributed by atoms with Crippen LogP contribution in [0.15, 0.2) is 22.2 Å².